The smallest absolute Gasteiger partial charge is 0.320 e. The van der Waals surface area contributed by atoms with Crippen LogP contribution in [-0.2, 0) is 4.74 Å². The molecule has 0 aliphatic carbocycles. The van der Waals surface area contributed by atoms with Gasteiger partial charge in [-0.1, -0.05) is 0 Å². The minimum atomic E-state index is -1.25. The number of fused-ring (bicyclic) bond motifs is 1. The number of nitrogens with two attached hydrogens (primary N) is 1. The summed E-state index contributed by atoms with van der Waals surface area (Å²) >= 11 is 0. The molecule has 0 aromatic carbocycles. The van der Waals surface area contributed by atoms with Crippen LogP contribution in [0.1, 0.15) is 19.6 Å². The van der Waals surface area contributed by atoms with Gasteiger partial charge in [0.1, 0.15) is 24.9 Å². The first-order valence-corrected chi connectivity index (χ1v) is 7.71. The van der Waals surface area contributed by atoms with Crippen LogP contribution in [-0.4, -0.2) is 66.4 Å². The van der Waals surface area contributed by atoms with Crippen molar-refractivity contribution in [2.24, 2.45) is 0 Å². The normalized spacial score (nSPS) is 25.8. The summed E-state index contributed by atoms with van der Waals surface area (Å²) in [4.78, 5) is 12.4. The molecule has 0 bridgehead atoms. The number of imidazole rings is 1. The van der Waals surface area contributed by atoms with Crippen LogP contribution in [0.3, 0.4) is 0 Å². The predicted octanol–water partition coefficient (Wildman–Crippen LogP) is -1.19. The first-order valence-electron chi connectivity index (χ1n) is 7.71. The lowest BCUT2D eigenvalue weighted by Crippen LogP contribution is -2.33. The van der Waals surface area contributed by atoms with Gasteiger partial charge in [0, 0.05) is 6.42 Å². The average Bonchev–Trinajstić information content (AvgIpc) is 3.14. The van der Waals surface area contributed by atoms with Crippen LogP contribution in [0.4, 0.5) is 5.82 Å². The van der Waals surface area contributed by atoms with Crippen molar-refractivity contribution in [1.82, 2.24) is 19.5 Å². The molecule has 10 heteroatoms. The second kappa shape index (κ2) is 7.20. The summed E-state index contributed by atoms with van der Waals surface area (Å²) in [7, 11) is 0. The second-order valence-corrected chi connectivity index (χ2v) is 5.47. The highest BCUT2D eigenvalue weighted by molar-refractivity contribution is 5.82. The standard InChI is InChI=1S/C15H19N5O5/c1-2-3-4-5-24-15-18-12(16)9-13(19-15)20(7-17-9)14-11(23)10(22)8(6-21)25-14/h7-8,10-11,14,21-23H,4-6H2,1H3,(H2,16,18,19)/t8-,10-,11-,14-/m1/s1. The van der Waals surface area contributed by atoms with Gasteiger partial charge in [-0.2, -0.15) is 9.97 Å². The lowest BCUT2D eigenvalue weighted by Gasteiger charge is -2.16. The van der Waals surface area contributed by atoms with Gasteiger partial charge >= 0.3 is 6.01 Å². The quantitative estimate of drug-likeness (QED) is 0.386. The molecule has 1 fully saturated rings. The molecule has 3 rings (SSSR count). The Morgan fingerprint density at radius 2 is 2.16 bits per heavy atom. The zero-order valence-electron chi connectivity index (χ0n) is 13.5. The monoisotopic (exact) mass is 349 g/mol. The van der Waals surface area contributed by atoms with E-state index in [0.29, 0.717) is 24.2 Å². The van der Waals surface area contributed by atoms with Crippen molar-refractivity contribution >= 4 is 17.0 Å². The van der Waals surface area contributed by atoms with Gasteiger partial charge in [0.05, 0.1) is 12.9 Å². The molecule has 10 nitrogen and oxygen atoms in total. The molecule has 0 spiro atoms. The first-order chi connectivity index (χ1) is 12.1. The third-order valence-electron chi connectivity index (χ3n) is 3.85. The molecule has 0 amide bonds. The highest BCUT2D eigenvalue weighted by atomic mass is 16.6. The zero-order valence-corrected chi connectivity index (χ0v) is 13.5. The highest BCUT2D eigenvalue weighted by Gasteiger charge is 2.44. The molecule has 0 saturated carbocycles. The van der Waals surface area contributed by atoms with Crippen molar-refractivity contribution in [2.45, 2.75) is 37.9 Å². The molecule has 2 aromatic rings. The number of ether oxygens (including phenoxy) is 2. The van der Waals surface area contributed by atoms with Gasteiger partial charge in [-0.25, -0.2) is 4.98 Å². The van der Waals surface area contributed by atoms with Gasteiger partial charge in [0.25, 0.3) is 0 Å². The summed E-state index contributed by atoms with van der Waals surface area (Å²) in [6, 6.07) is 0.0522. The van der Waals surface area contributed by atoms with Gasteiger partial charge in [0.15, 0.2) is 23.2 Å². The van der Waals surface area contributed by atoms with Gasteiger partial charge < -0.3 is 30.5 Å². The molecule has 5 N–H and O–H groups in total. The number of nitrogens with zero attached hydrogens (tertiary/aromatic N) is 4. The lowest BCUT2D eigenvalue weighted by molar-refractivity contribution is -0.0511. The van der Waals surface area contributed by atoms with Crippen LogP contribution in [0.15, 0.2) is 6.33 Å². The molecule has 3 heterocycles. The fraction of sp³-hybridized carbons (Fsp3) is 0.533. The van der Waals surface area contributed by atoms with Crippen molar-refractivity contribution < 1.29 is 24.8 Å². The van der Waals surface area contributed by atoms with Crippen LogP contribution in [0.2, 0.25) is 0 Å². The second-order valence-electron chi connectivity index (χ2n) is 5.47. The van der Waals surface area contributed by atoms with E-state index in [-0.39, 0.29) is 11.8 Å². The molecule has 1 aliphatic rings. The zero-order chi connectivity index (χ0) is 18.0. The Morgan fingerprint density at radius 3 is 2.84 bits per heavy atom. The van der Waals surface area contributed by atoms with E-state index >= 15 is 0 Å². The van der Waals surface area contributed by atoms with E-state index in [0.717, 1.165) is 0 Å². The maximum Gasteiger partial charge on any atom is 0.320 e. The number of aliphatic hydroxyl groups excluding tert-OH is 3. The summed E-state index contributed by atoms with van der Waals surface area (Å²) in [5, 5.41) is 29.3. The highest BCUT2D eigenvalue weighted by Crippen LogP contribution is 2.32. The Bertz CT molecular complexity index is 814. The SMILES string of the molecule is CC#CCCOc1nc(N)c2ncn([C@@H]3O[C@H](CO)[C@@H](O)[C@H]3O)c2n1. The molecule has 0 radical (unpaired) electrons. The van der Waals surface area contributed by atoms with E-state index < -0.39 is 31.1 Å². The number of aromatic nitrogens is 4. The number of anilines is 1. The van der Waals surface area contributed by atoms with Gasteiger partial charge in [-0.05, 0) is 6.92 Å². The topological polar surface area (TPSA) is 149 Å². The van der Waals surface area contributed by atoms with E-state index in [1.165, 1.54) is 10.9 Å². The van der Waals surface area contributed by atoms with Crippen molar-refractivity contribution in [1.29, 1.82) is 0 Å². The number of rotatable bonds is 5. The number of hydrogen-bond donors (Lipinski definition) is 4. The lowest BCUT2D eigenvalue weighted by atomic mass is 10.1. The maximum absolute atomic E-state index is 10.2. The molecule has 2 aromatic heterocycles. The molecule has 0 unspecified atom stereocenters. The summed E-state index contributed by atoms with van der Waals surface area (Å²) in [5.41, 5.74) is 6.50. The fourth-order valence-corrected chi connectivity index (χ4v) is 2.60. The molecule has 134 valence electrons. The third kappa shape index (κ3) is 3.22. The number of aliphatic hydroxyl groups is 3. The Kier molecular flexibility index (Phi) is 5.00. The van der Waals surface area contributed by atoms with Gasteiger partial charge in [-0.3, -0.25) is 4.57 Å². The molecule has 1 saturated heterocycles. The van der Waals surface area contributed by atoms with Gasteiger partial charge in [0.2, 0.25) is 0 Å². The van der Waals surface area contributed by atoms with E-state index in [1.807, 2.05) is 0 Å². The summed E-state index contributed by atoms with van der Waals surface area (Å²) in [5.74, 6) is 5.73. The first kappa shape index (κ1) is 17.4. The Morgan fingerprint density at radius 1 is 1.36 bits per heavy atom. The van der Waals surface area contributed by atoms with Crippen molar-refractivity contribution in [3.05, 3.63) is 6.33 Å². The maximum atomic E-state index is 10.2. The van der Waals surface area contributed by atoms with Crippen LogP contribution in [0.25, 0.3) is 11.2 Å². The van der Waals surface area contributed by atoms with Gasteiger partial charge in [-0.15, -0.1) is 11.8 Å². The molecule has 25 heavy (non-hydrogen) atoms. The fourth-order valence-electron chi connectivity index (χ4n) is 2.60. The van der Waals surface area contributed by atoms with Crippen LogP contribution >= 0.6 is 0 Å². The van der Waals surface area contributed by atoms with E-state index in [2.05, 4.69) is 26.8 Å². The van der Waals surface area contributed by atoms with Crippen molar-refractivity contribution in [3.8, 4) is 17.9 Å². The number of hydrogen-bond acceptors (Lipinski definition) is 9. The molecule has 1 aliphatic heterocycles. The van der Waals surface area contributed by atoms with E-state index in [9.17, 15) is 15.3 Å². The minimum Gasteiger partial charge on any atom is -0.462 e. The van der Waals surface area contributed by atoms with Crippen LogP contribution in [0, 0.1) is 11.8 Å². The van der Waals surface area contributed by atoms with Crippen molar-refractivity contribution in [2.75, 3.05) is 18.9 Å². The predicted molar refractivity (Wildman–Crippen MR) is 86.3 cm³/mol. The summed E-state index contributed by atoms with van der Waals surface area (Å²) in [6.45, 7) is 1.61. The Balaban J connectivity index is 1.91. The third-order valence-corrected chi connectivity index (χ3v) is 3.85. The molecular weight excluding hydrogens is 330 g/mol. The number of nitrogen functional groups attached to an aromatic ring is 1. The Labute approximate surface area is 143 Å². The van der Waals surface area contributed by atoms with E-state index in [4.69, 9.17) is 15.2 Å². The summed E-state index contributed by atoms with van der Waals surface area (Å²) in [6.07, 6.45) is -2.45. The average molecular weight is 349 g/mol. The largest absolute Gasteiger partial charge is 0.462 e. The minimum absolute atomic E-state index is 0.0522. The molecular formula is C15H19N5O5. The van der Waals surface area contributed by atoms with Crippen LogP contribution in [0.5, 0.6) is 6.01 Å². The Hall–Kier alpha value is -2.45. The molecule has 4 atom stereocenters. The summed E-state index contributed by atoms with van der Waals surface area (Å²) < 4.78 is 12.4. The van der Waals surface area contributed by atoms with Crippen molar-refractivity contribution in [3.63, 3.8) is 0 Å². The van der Waals surface area contributed by atoms with E-state index in [1.54, 1.807) is 6.92 Å². The van der Waals surface area contributed by atoms with Crippen LogP contribution < -0.4 is 10.5 Å².